The predicted molar refractivity (Wildman–Crippen MR) is 103 cm³/mol. The molecule has 6 nitrogen and oxygen atoms in total. The second kappa shape index (κ2) is 6.48. The van der Waals surface area contributed by atoms with Crippen molar-refractivity contribution in [2.24, 2.45) is 5.41 Å². The zero-order valence-corrected chi connectivity index (χ0v) is 16.1. The van der Waals surface area contributed by atoms with Crippen LogP contribution in [0.2, 0.25) is 0 Å². The predicted octanol–water partition coefficient (Wildman–Crippen LogP) is 2.61. The third kappa shape index (κ3) is 2.44. The molecule has 6 heteroatoms. The van der Waals surface area contributed by atoms with E-state index in [1.54, 1.807) is 7.11 Å². The topological polar surface area (TPSA) is 66.9 Å². The summed E-state index contributed by atoms with van der Waals surface area (Å²) in [5, 5.41) is 0. The van der Waals surface area contributed by atoms with Crippen LogP contribution in [0.25, 0.3) is 0 Å². The highest BCUT2D eigenvalue weighted by Crippen LogP contribution is 2.50. The van der Waals surface area contributed by atoms with Crippen molar-refractivity contribution in [3.05, 3.63) is 65.2 Å². The molecule has 2 aromatic rings. The molecule has 1 aliphatic carbocycles. The number of urea groups is 1. The Labute approximate surface area is 163 Å². The van der Waals surface area contributed by atoms with Gasteiger partial charge in [0.05, 0.1) is 7.11 Å². The van der Waals surface area contributed by atoms with Gasteiger partial charge in [-0.2, -0.15) is 0 Å². The van der Waals surface area contributed by atoms with Crippen molar-refractivity contribution in [2.75, 3.05) is 21.2 Å². The summed E-state index contributed by atoms with van der Waals surface area (Å²) in [7, 11) is 4.49. The number of barbiturate groups is 1. The number of carbonyl (C=O) groups is 3. The lowest BCUT2D eigenvalue weighted by Crippen LogP contribution is -2.66. The molecular weight excluding hydrogens is 356 g/mol. The lowest BCUT2D eigenvalue weighted by molar-refractivity contribution is -0.159. The van der Waals surface area contributed by atoms with E-state index < -0.39 is 23.3 Å². The number of rotatable bonds is 2. The largest absolute Gasteiger partial charge is 0.497 e. The van der Waals surface area contributed by atoms with E-state index in [2.05, 4.69) is 0 Å². The van der Waals surface area contributed by atoms with Gasteiger partial charge in [-0.3, -0.25) is 19.4 Å². The molecule has 0 saturated carbocycles. The van der Waals surface area contributed by atoms with Crippen LogP contribution in [0.5, 0.6) is 5.75 Å². The van der Waals surface area contributed by atoms with Gasteiger partial charge in [-0.15, -0.1) is 0 Å². The summed E-state index contributed by atoms with van der Waals surface area (Å²) in [6, 6.07) is 14.7. The van der Waals surface area contributed by atoms with Gasteiger partial charge in [0.15, 0.2) is 0 Å². The molecule has 1 saturated heterocycles. The minimum Gasteiger partial charge on any atom is -0.497 e. The second-order valence-corrected chi connectivity index (χ2v) is 7.46. The van der Waals surface area contributed by atoms with E-state index in [-0.39, 0.29) is 12.3 Å². The van der Waals surface area contributed by atoms with Crippen LogP contribution in [0.15, 0.2) is 48.5 Å². The molecule has 0 N–H and O–H groups in total. The number of hydrogen-bond acceptors (Lipinski definition) is 4. The van der Waals surface area contributed by atoms with Gasteiger partial charge in [0.2, 0.25) is 11.8 Å². The number of amides is 4. The molecule has 1 spiro atoms. The molecular formula is C22H22N2O4. The molecule has 0 radical (unpaired) electrons. The SMILES string of the molecule is COc1ccc(C2Cc3ccccc3CC23C(=O)N(C)C(=O)N(C)C3=O)cc1. The molecule has 1 aliphatic heterocycles. The summed E-state index contributed by atoms with van der Waals surface area (Å²) in [5.41, 5.74) is 1.65. The van der Waals surface area contributed by atoms with Gasteiger partial charge < -0.3 is 4.74 Å². The lowest BCUT2D eigenvalue weighted by atomic mass is 9.60. The van der Waals surface area contributed by atoms with E-state index in [1.165, 1.54) is 14.1 Å². The van der Waals surface area contributed by atoms with Crippen LogP contribution >= 0.6 is 0 Å². The molecule has 0 bridgehead atoms. The van der Waals surface area contributed by atoms with Crippen LogP contribution in [-0.4, -0.2) is 48.9 Å². The Morgan fingerprint density at radius 3 is 2.04 bits per heavy atom. The van der Waals surface area contributed by atoms with Crippen molar-refractivity contribution < 1.29 is 19.1 Å². The number of imide groups is 2. The Balaban J connectivity index is 1.91. The molecule has 1 atom stereocenters. The molecule has 28 heavy (non-hydrogen) atoms. The van der Waals surface area contributed by atoms with Crippen molar-refractivity contribution in [3.8, 4) is 5.75 Å². The van der Waals surface area contributed by atoms with Gasteiger partial charge >= 0.3 is 6.03 Å². The normalized spacial score (nSPS) is 21.1. The Bertz CT molecular complexity index is 943. The smallest absolute Gasteiger partial charge is 0.332 e. The highest BCUT2D eigenvalue weighted by Gasteiger charge is 2.61. The third-order valence-electron chi connectivity index (χ3n) is 6.07. The van der Waals surface area contributed by atoms with Crippen LogP contribution in [0.1, 0.15) is 22.6 Å². The average Bonchev–Trinajstić information content (AvgIpc) is 2.74. The summed E-state index contributed by atoms with van der Waals surface area (Å²) < 4.78 is 5.25. The number of benzene rings is 2. The van der Waals surface area contributed by atoms with Crippen LogP contribution in [0.4, 0.5) is 4.79 Å². The van der Waals surface area contributed by atoms with Crippen molar-refractivity contribution >= 4 is 17.8 Å². The Hall–Kier alpha value is -3.15. The van der Waals surface area contributed by atoms with Gasteiger partial charge in [0.1, 0.15) is 11.2 Å². The minimum atomic E-state index is -1.33. The van der Waals surface area contributed by atoms with E-state index in [4.69, 9.17) is 4.74 Å². The number of fused-ring (bicyclic) bond motifs is 1. The summed E-state index contributed by atoms with van der Waals surface area (Å²) in [6.45, 7) is 0. The lowest BCUT2D eigenvalue weighted by Gasteiger charge is -2.48. The summed E-state index contributed by atoms with van der Waals surface area (Å²) in [4.78, 5) is 41.3. The van der Waals surface area contributed by atoms with Crippen LogP contribution in [-0.2, 0) is 22.4 Å². The summed E-state index contributed by atoms with van der Waals surface area (Å²) in [6.07, 6.45) is 0.829. The number of carbonyl (C=O) groups excluding carboxylic acids is 3. The summed E-state index contributed by atoms with van der Waals surface area (Å²) in [5.74, 6) is -0.530. The fourth-order valence-electron chi connectivity index (χ4n) is 4.52. The molecule has 4 amide bonds. The van der Waals surface area contributed by atoms with Gasteiger partial charge in [-0.25, -0.2) is 4.79 Å². The number of nitrogens with zero attached hydrogens (tertiary/aromatic N) is 2. The average molecular weight is 378 g/mol. The first-order valence-electron chi connectivity index (χ1n) is 9.21. The zero-order valence-electron chi connectivity index (χ0n) is 16.1. The van der Waals surface area contributed by atoms with E-state index in [1.807, 2.05) is 48.5 Å². The maximum absolute atomic E-state index is 13.4. The molecule has 1 unspecified atom stereocenters. The van der Waals surface area contributed by atoms with Crippen LogP contribution < -0.4 is 4.74 Å². The van der Waals surface area contributed by atoms with E-state index in [9.17, 15) is 14.4 Å². The highest BCUT2D eigenvalue weighted by molar-refractivity contribution is 6.19. The minimum absolute atomic E-state index is 0.277. The van der Waals surface area contributed by atoms with Crippen molar-refractivity contribution in [1.82, 2.24) is 9.80 Å². The number of methoxy groups -OCH3 is 1. The van der Waals surface area contributed by atoms with Gasteiger partial charge in [-0.1, -0.05) is 36.4 Å². The summed E-state index contributed by atoms with van der Waals surface area (Å²) >= 11 is 0. The quantitative estimate of drug-likeness (QED) is 0.754. The molecule has 2 aromatic carbocycles. The second-order valence-electron chi connectivity index (χ2n) is 7.46. The maximum Gasteiger partial charge on any atom is 0.332 e. The Morgan fingerprint density at radius 2 is 1.46 bits per heavy atom. The molecule has 0 aromatic heterocycles. The van der Waals surface area contributed by atoms with E-state index in [0.717, 1.165) is 26.5 Å². The first-order chi connectivity index (χ1) is 13.4. The fraction of sp³-hybridized carbons (Fsp3) is 0.318. The zero-order chi connectivity index (χ0) is 20.1. The molecule has 144 valence electrons. The third-order valence-corrected chi connectivity index (χ3v) is 6.07. The molecule has 2 aliphatic rings. The van der Waals surface area contributed by atoms with Crippen molar-refractivity contribution in [1.29, 1.82) is 0 Å². The molecule has 1 heterocycles. The number of hydrogen-bond donors (Lipinski definition) is 0. The first kappa shape index (κ1) is 18.2. The van der Waals surface area contributed by atoms with E-state index in [0.29, 0.717) is 12.2 Å². The van der Waals surface area contributed by atoms with Crippen molar-refractivity contribution in [3.63, 3.8) is 0 Å². The van der Waals surface area contributed by atoms with Gasteiger partial charge in [0.25, 0.3) is 0 Å². The van der Waals surface area contributed by atoms with Crippen molar-refractivity contribution in [2.45, 2.75) is 18.8 Å². The monoisotopic (exact) mass is 378 g/mol. The fourth-order valence-corrected chi connectivity index (χ4v) is 4.52. The van der Waals surface area contributed by atoms with E-state index >= 15 is 0 Å². The first-order valence-corrected chi connectivity index (χ1v) is 9.21. The van der Waals surface area contributed by atoms with Crippen LogP contribution in [0.3, 0.4) is 0 Å². The maximum atomic E-state index is 13.4. The Kier molecular flexibility index (Phi) is 4.22. The molecule has 1 fully saturated rings. The Morgan fingerprint density at radius 1 is 0.893 bits per heavy atom. The van der Waals surface area contributed by atoms with Gasteiger partial charge in [-0.05, 0) is 41.7 Å². The van der Waals surface area contributed by atoms with Gasteiger partial charge in [0, 0.05) is 20.0 Å². The van der Waals surface area contributed by atoms with Crippen LogP contribution in [0, 0.1) is 5.41 Å². The standard InChI is InChI=1S/C22H22N2O4/c1-23-19(25)22(20(26)24(2)21(23)27)13-16-7-5-4-6-15(16)12-18(22)14-8-10-17(28-3)11-9-14/h4-11,18H,12-13H2,1-3H3. The highest BCUT2D eigenvalue weighted by atomic mass is 16.5. The molecule has 4 rings (SSSR count). The number of ether oxygens (including phenoxy) is 1.